The van der Waals surface area contributed by atoms with Crippen LogP contribution in [0.15, 0.2) is 0 Å². The van der Waals surface area contributed by atoms with E-state index in [0.717, 1.165) is 19.3 Å². The number of esters is 1. The number of methoxy groups -OCH3 is 1. The fourth-order valence-corrected chi connectivity index (χ4v) is 2.70. The van der Waals surface area contributed by atoms with Crippen LogP contribution in [0.2, 0.25) is 0 Å². The maximum atomic E-state index is 12.1. The van der Waals surface area contributed by atoms with E-state index in [1.807, 2.05) is 0 Å². The molecule has 2 saturated heterocycles. The highest BCUT2D eigenvalue weighted by atomic mass is 16.5. The van der Waals surface area contributed by atoms with E-state index in [9.17, 15) is 14.4 Å². The Hall–Kier alpha value is -1.59. The topological polar surface area (TPSA) is 66.9 Å². The molecule has 2 amide bonds. The first kappa shape index (κ1) is 13.8. The quantitative estimate of drug-likeness (QED) is 0.677. The number of ether oxygens (including phenoxy) is 1. The Morgan fingerprint density at radius 3 is 2.74 bits per heavy atom. The molecule has 19 heavy (non-hydrogen) atoms. The SMILES string of the molecule is COC(=O)[C@H]1CCCN(C(=O)CN2CCCC2=O)C1. The van der Waals surface area contributed by atoms with E-state index < -0.39 is 0 Å². The lowest BCUT2D eigenvalue weighted by molar-refractivity contribution is -0.149. The number of nitrogens with zero attached hydrogens (tertiary/aromatic N) is 2. The molecule has 2 fully saturated rings. The van der Waals surface area contributed by atoms with Gasteiger partial charge in [-0.1, -0.05) is 0 Å². The molecule has 0 saturated carbocycles. The summed E-state index contributed by atoms with van der Waals surface area (Å²) in [5.41, 5.74) is 0. The molecule has 0 unspecified atom stereocenters. The molecule has 0 aromatic rings. The minimum absolute atomic E-state index is 0.0508. The largest absolute Gasteiger partial charge is 0.469 e. The summed E-state index contributed by atoms with van der Waals surface area (Å²) >= 11 is 0. The van der Waals surface area contributed by atoms with Gasteiger partial charge in [0.05, 0.1) is 19.6 Å². The highest BCUT2D eigenvalue weighted by molar-refractivity contribution is 5.86. The lowest BCUT2D eigenvalue weighted by Crippen LogP contribution is -2.47. The third kappa shape index (κ3) is 3.24. The normalized spacial score (nSPS) is 23.6. The van der Waals surface area contributed by atoms with Gasteiger partial charge in [-0.2, -0.15) is 0 Å². The van der Waals surface area contributed by atoms with E-state index >= 15 is 0 Å². The molecule has 6 heteroatoms. The first-order chi connectivity index (χ1) is 9.11. The molecular weight excluding hydrogens is 248 g/mol. The van der Waals surface area contributed by atoms with Gasteiger partial charge in [-0.15, -0.1) is 0 Å². The number of hydrogen-bond acceptors (Lipinski definition) is 4. The molecule has 6 nitrogen and oxygen atoms in total. The second-order valence-corrected chi connectivity index (χ2v) is 5.12. The zero-order chi connectivity index (χ0) is 13.8. The number of piperidine rings is 1. The monoisotopic (exact) mass is 268 g/mol. The summed E-state index contributed by atoms with van der Waals surface area (Å²) in [6, 6.07) is 0. The lowest BCUT2D eigenvalue weighted by atomic mass is 9.98. The van der Waals surface area contributed by atoms with Crippen LogP contribution in [0.3, 0.4) is 0 Å². The van der Waals surface area contributed by atoms with Gasteiger partial charge in [0.15, 0.2) is 0 Å². The third-order valence-electron chi connectivity index (χ3n) is 3.81. The fourth-order valence-electron chi connectivity index (χ4n) is 2.70. The molecule has 106 valence electrons. The van der Waals surface area contributed by atoms with Gasteiger partial charge in [0.25, 0.3) is 0 Å². The van der Waals surface area contributed by atoms with Crippen molar-refractivity contribution in [3.63, 3.8) is 0 Å². The number of carbonyl (C=O) groups is 3. The van der Waals surface area contributed by atoms with Crippen molar-refractivity contribution in [3.8, 4) is 0 Å². The molecule has 0 bridgehead atoms. The summed E-state index contributed by atoms with van der Waals surface area (Å²) in [5.74, 6) is -0.495. The summed E-state index contributed by atoms with van der Waals surface area (Å²) in [4.78, 5) is 38.4. The molecule has 2 heterocycles. The van der Waals surface area contributed by atoms with Crippen LogP contribution in [-0.2, 0) is 19.1 Å². The van der Waals surface area contributed by atoms with Crippen LogP contribution in [0.5, 0.6) is 0 Å². The van der Waals surface area contributed by atoms with Crippen LogP contribution in [0.1, 0.15) is 25.7 Å². The summed E-state index contributed by atoms with van der Waals surface area (Å²) in [5, 5.41) is 0. The van der Waals surface area contributed by atoms with Gasteiger partial charge < -0.3 is 14.5 Å². The second-order valence-electron chi connectivity index (χ2n) is 5.12. The van der Waals surface area contributed by atoms with Gasteiger partial charge in [-0.3, -0.25) is 14.4 Å². The summed E-state index contributed by atoms with van der Waals surface area (Å²) in [6.45, 7) is 1.88. The van der Waals surface area contributed by atoms with Crippen LogP contribution >= 0.6 is 0 Å². The van der Waals surface area contributed by atoms with Crippen molar-refractivity contribution in [3.05, 3.63) is 0 Å². The summed E-state index contributed by atoms with van der Waals surface area (Å²) < 4.78 is 4.73. The number of amides is 2. The average molecular weight is 268 g/mol. The standard InChI is InChI=1S/C13H20N2O4/c1-19-13(18)10-4-2-6-14(8-10)12(17)9-15-7-3-5-11(15)16/h10H,2-9H2,1H3/t10-/m0/s1. The Bertz CT molecular complexity index is 383. The minimum Gasteiger partial charge on any atom is -0.469 e. The van der Waals surface area contributed by atoms with Gasteiger partial charge >= 0.3 is 5.97 Å². The minimum atomic E-state index is -0.255. The van der Waals surface area contributed by atoms with E-state index in [1.165, 1.54) is 7.11 Å². The van der Waals surface area contributed by atoms with Crippen LogP contribution < -0.4 is 0 Å². The number of carbonyl (C=O) groups excluding carboxylic acids is 3. The van der Waals surface area contributed by atoms with Crippen molar-refractivity contribution < 1.29 is 19.1 Å². The van der Waals surface area contributed by atoms with Crippen LogP contribution in [0.25, 0.3) is 0 Å². The first-order valence-electron chi connectivity index (χ1n) is 6.75. The van der Waals surface area contributed by atoms with E-state index in [0.29, 0.717) is 26.1 Å². The van der Waals surface area contributed by atoms with Crippen molar-refractivity contribution in [2.75, 3.05) is 33.3 Å². The van der Waals surface area contributed by atoms with Crippen molar-refractivity contribution in [2.45, 2.75) is 25.7 Å². The summed E-state index contributed by atoms with van der Waals surface area (Å²) in [6.07, 6.45) is 2.94. The van der Waals surface area contributed by atoms with E-state index in [4.69, 9.17) is 4.74 Å². The molecule has 1 atom stereocenters. The Labute approximate surface area is 112 Å². The van der Waals surface area contributed by atoms with Crippen molar-refractivity contribution in [2.24, 2.45) is 5.92 Å². The maximum absolute atomic E-state index is 12.1. The summed E-state index contributed by atoms with van der Waals surface area (Å²) in [7, 11) is 1.37. The maximum Gasteiger partial charge on any atom is 0.310 e. The third-order valence-corrected chi connectivity index (χ3v) is 3.81. The smallest absolute Gasteiger partial charge is 0.310 e. The molecular formula is C13H20N2O4. The van der Waals surface area contributed by atoms with Crippen molar-refractivity contribution in [1.29, 1.82) is 0 Å². The molecule has 0 N–H and O–H groups in total. The molecule has 2 aliphatic rings. The van der Waals surface area contributed by atoms with E-state index in [1.54, 1.807) is 9.80 Å². The van der Waals surface area contributed by atoms with Crippen molar-refractivity contribution in [1.82, 2.24) is 9.80 Å². The predicted molar refractivity (Wildman–Crippen MR) is 67.1 cm³/mol. The zero-order valence-corrected chi connectivity index (χ0v) is 11.3. The average Bonchev–Trinajstić information content (AvgIpc) is 2.83. The fraction of sp³-hybridized carbons (Fsp3) is 0.769. The van der Waals surface area contributed by atoms with Crippen LogP contribution in [0.4, 0.5) is 0 Å². The van der Waals surface area contributed by atoms with Crippen LogP contribution in [0, 0.1) is 5.92 Å². The van der Waals surface area contributed by atoms with Gasteiger partial charge in [-0.25, -0.2) is 0 Å². The Balaban J connectivity index is 1.88. The Morgan fingerprint density at radius 1 is 1.32 bits per heavy atom. The molecule has 0 spiro atoms. The zero-order valence-electron chi connectivity index (χ0n) is 11.3. The first-order valence-corrected chi connectivity index (χ1v) is 6.75. The number of rotatable bonds is 3. The predicted octanol–water partition coefficient (Wildman–Crippen LogP) is 0.0204. The van der Waals surface area contributed by atoms with Crippen LogP contribution in [-0.4, -0.2) is 60.9 Å². The van der Waals surface area contributed by atoms with E-state index in [-0.39, 0.29) is 30.2 Å². The highest BCUT2D eigenvalue weighted by Gasteiger charge is 2.31. The number of likely N-dealkylation sites (tertiary alicyclic amines) is 2. The molecule has 0 aliphatic carbocycles. The molecule has 0 radical (unpaired) electrons. The second kappa shape index (κ2) is 6.04. The van der Waals surface area contributed by atoms with Gasteiger partial charge in [0, 0.05) is 26.1 Å². The van der Waals surface area contributed by atoms with Gasteiger partial charge in [-0.05, 0) is 19.3 Å². The molecule has 2 aliphatic heterocycles. The van der Waals surface area contributed by atoms with E-state index in [2.05, 4.69) is 0 Å². The molecule has 0 aromatic heterocycles. The molecule has 2 rings (SSSR count). The lowest BCUT2D eigenvalue weighted by Gasteiger charge is -2.32. The van der Waals surface area contributed by atoms with Crippen molar-refractivity contribution >= 4 is 17.8 Å². The number of hydrogen-bond donors (Lipinski definition) is 0. The van der Waals surface area contributed by atoms with Gasteiger partial charge in [0.2, 0.25) is 11.8 Å². The Kier molecular flexibility index (Phi) is 4.39. The molecule has 0 aromatic carbocycles. The Morgan fingerprint density at radius 2 is 2.11 bits per heavy atom. The van der Waals surface area contributed by atoms with Gasteiger partial charge in [0.1, 0.15) is 0 Å². The highest BCUT2D eigenvalue weighted by Crippen LogP contribution is 2.18.